The zero-order chi connectivity index (χ0) is 13.5. The highest BCUT2D eigenvalue weighted by Gasteiger charge is 2.10. The van der Waals surface area contributed by atoms with E-state index in [1.54, 1.807) is 6.26 Å². The van der Waals surface area contributed by atoms with Gasteiger partial charge in [0.2, 0.25) is 0 Å². The van der Waals surface area contributed by atoms with Crippen LogP contribution in [0.25, 0.3) is 0 Å². The highest BCUT2D eigenvalue weighted by atomic mass is 16.5. The maximum atomic E-state index is 5.86. The maximum Gasteiger partial charge on any atom is 0.123 e. The van der Waals surface area contributed by atoms with Gasteiger partial charge in [0.25, 0.3) is 0 Å². The molecule has 1 heterocycles. The van der Waals surface area contributed by atoms with Crippen molar-refractivity contribution >= 4 is 0 Å². The van der Waals surface area contributed by atoms with E-state index in [-0.39, 0.29) is 0 Å². The Labute approximate surface area is 111 Å². The van der Waals surface area contributed by atoms with Crippen LogP contribution in [0.3, 0.4) is 0 Å². The second-order valence-electron chi connectivity index (χ2n) is 5.66. The Morgan fingerprint density at radius 1 is 1.22 bits per heavy atom. The molecule has 0 aliphatic carbocycles. The summed E-state index contributed by atoms with van der Waals surface area (Å²) in [6, 6.07) is 2.46. The van der Waals surface area contributed by atoms with Crippen molar-refractivity contribution in [2.45, 2.75) is 66.3 Å². The zero-order valence-electron chi connectivity index (χ0n) is 12.3. The van der Waals surface area contributed by atoms with Gasteiger partial charge in [-0.25, -0.2) is 0 Å². The molecule has 0 aliphatic heterocycles. The summed E-state index contributed by atoms with van der Waals surface area (Å²) in [7, 11) is 0. The van der Waals surface area contributed by atoms with Gasteiger partial charge in [-0.2, -0.15) is 0 Å². The Balaban J connectivity index is 2.40. The topological polar surface area (TPSA) is 34.4 Å². The molecule has 0 aliphatic rings. The molecule has 104 valence electrons. The van der Waals surface area contributed by atoms with Crippen LogP contribution < -0.4 is 5.32 Å². The van der Waals surface area contributed by atoms with Crippen molar-refractivity contribution in [3.05, 3.63) is 23.7 Å². The molecule has 1 unspecified atom stereocenters. The molecule has 1 aromatic heterocycles. The van der Waals surface area contributed by atoms with E-state index in [0.717, 1.165) is 24.3 Å². The number of hydrogen-bond acceptors (Lipinski definition) is 3. The van der Waals surface area contributed by atoms with Crippen LogP contribution in [0.2, 0.25) is 0 Å². The molecule has 0 amide bonds. The quantitative estimate of drug-likeness (QED) is 0.766. The molecule has 1 aromatic rings. The predicted molar refractivity (Wildman–Crippen MR) is 74.4 cm³/mol. The van der Waals surface area contributed by atoms with Crippen molar-refractivity contribution in [2.24, 2.45) is 5.92 Å². The minimum absolute atomic E-state index is 0.297. The Bertz CT molecular complexity index is 331. The van der Waals surface area contributed by atoms with Crippen molar-refractivity contribution in [2.75, 3.05) is 0 Å². The fourth-order valence-corrected chi connectivity index (χ4v) is 1.91. The molecule has 3 heteroatoms. The van der Waals surface area contributed by atoms with Gasteiger partial charge in [0.05, 0.1) is 25.5 Å². The fourth-order valence-electron chi connectivity index (χ4n) is 1.91. The zero-order valence-corrected chi connectivity index (χ0v) is 12.3. The maximum absolute atomic E-state index is 5.86. The van der Waals surface area contributed by atoms with E-state index in [0.29, 0.717) is 24.7 Å². The minimum Gasteiger partial charge on any atom is -0.468 e. The van der Waals surface area contributed by atoms with E-state index in [4.69, 9.17) is 9.15 Å². The number of nitrogens with one attached hydrogen (secondary N) is 1. The number of rotatable bonds is 8. The van der Waals surface area contributed by atoms with Gasteiger partial charge in [-0.1, -0.05) is 27.7 Å². The van der Waals surface area contributed by atoms with Gasteiger partial charge >= 0.3 is 0 Å². The molecule has 0 saturated carbocycles. The van der Waals surface area contributed by atoms with E-state index >= 15 is 0 Å². The van der Waals surface area contributed by atoms with Crippen molar-refractivity contribution in [3.63, 3.8) is 0 Å². The first-order valence-corrected chi connectivity index (χ1v) is 6.89. The second-order valence-corrected chi connectivity index (χ2v) is 5.66. The number of furan rings is 1. The molecule has 0 fully saturated rings. The minimum atomic E-state index is 0.297. The van der Waals surface area contributed by atoms with Gasteiger partial charge in [-0.15, -0.1) is 0 Å². The van der Waals surface area contributed by atoms with Crippen molar-refractivity contribution in [1.29, 1.82) is 0 Å². The predicted octanol–water partition coefficient (Wildman–Crippen LogP) is 3.73. The molecule has 1 N–H and O–H groups in total. The molecule has 18 heavy (non-hydrogen) atoms. The summed E-state index contributed by atoms with van der Waals surface area (Å²) in [6.45, 7) is 12.2. The lowest BCUT2D eigenvalue weighted by atomic mass is 10.1. The molecule has 1 atom stereocenters. The van der Waals surface area contributed by atoms with Crippen LogP contribution in [0.4, 0.5) is 0 Å². The highest BCUT2D eigenvalue weighted by molar-refractivity contribution is 5.15. The summed E-state index contributed by atoms with van der Waals surface area (Å²) >= 11 is 0. The van der Waals surface area contributed by atoms with E-state index in [9.17, 15) is 0 Å². The molecule has 1 rings (SSSR count). The van der Waals surface area contributed by atoms with E-state index in [1.165, 1.54) is 0 Å². The first-order chi connectivity index (χ1) is 8.49. The third kappa shape index (κ3) is 5.69. The average molecular weight is 253 g/mol. The summed E-state index contributed by atoms with van der Waals surface area (Å²) in [6.07, 6.45) is 3.13. The van der Waals surface area contributed by atoms with Crippen LogP contribution in [0, 0.1) is 5.92 Å². The molecule has 0 bridgehead atoms. The van der Waals surface area contributed by atoms with Gasteiger partial charge in [0.15, 0.2) is 0 Å². The van der Waals surface area contributed by atoms with Gasteiger partial charge in [0.1, 0.15) is 5.76 Å². The molecule has 0 aromatic carbocycles. The van der Waals surface area contributed by atoms with Crippen LogP contribution in [-0.2, 0) is 17.9 Å². The third-order valence-corrected chi connectivity index (χ3v) is 2.84. The van der Waals surface area contributed by atoms with Crippen molar-refractivity contribution in [3.8, 4) is 0 Å². The molecule has 0 radical (unpaired) electrons. The van der Waals surface area contributed by atoms with Crippen LogP contribution in [0.1, 0.15) is 52.4 Å². The normalized spacial score (nSPS) is 13.5. The largest absolute Gasteiger partial charge is 0.468 e. The van der Waals surface area contributed by atoms with Gasteiger partial charge < -0.3 is 14.5 Å². The lowest BCUT2D eigenvalue weighted by molar-refractivity contribution is 0.0389. The summed E-state index contributed by atoms with van der Waals surface area (Å²) in [5.41, 5.74) is 1.15. The Hall–Kier alpha value is -0.800. The first-order valence-electron chi connectivity index (χ1n) is 6.89. The third-order valence-electron chi connectivity index (χ3n) is 2.84. The number of hydrogen-bond donors (Lipinski definition) is 1. The second kappa shape index (κ2) is 7.59. The molecular weight excluding hydrogens is 226 g/mol. The number of ether oxygens (including phenoxy) is 1. The Morgan fingerprint density at radius 2 is 1.94 bits per heavy atom. The standard InChI is InChI=1S/C15H27NO2/c1-11(2)8-13(5)18-10-14-6-7-17-15(14)9-16-12(3)4/h6-7,11-13,16H,8-10H2,1-5H3. The SMILES string of the molecule is CC(C)CC(C)OCc1ccoc1CNC(C)C. The Kier molecular flexibility index (Phi) is 6.44. The van der Waals surface area contributed by atoms with E-state index in [1.807, 2.05) is 6.07 Å². The van der Waals surface area contributed by atoms with E-state index < -0.39 is 0 Å². The first kappa shape index (κ1) is 15.3. The lowest BCUT2D eigenvalue weighted by Crippen LogP contribution is -2.22. The average Bonchev–Trinajstić information content (AvgIpc) is 2.70. The summed E-state index contributed by atoms with van der Waals surface area (Å²) in [4.78, 5) is 0. The summed E-state index contributed by atoms with van der Waals surface area (Å²) < 4.78 is 11.3. The van der Waals surface area contributed by atoms with Gasteiger partial charge in [-0.3, -0.25) is 0 Å². The Morgan fingerprint density at radius 3 is 2.56 bits per heavy atom. The van der Waals surface area contributed by atoms with Crippen molar-refractivity contribution < 1.29 is 9.15 Å². The fraction of sp³-hybridized carbons (Fsp3) is 0.733. The molecular formula is C15H27NO2. The monoisotopic (exact) mass is 253 g/mol. The highest BCUT2D eigenvalue weighted by Crippen LogP contribution is 2.15. The molecule has 0 saturated heterocycles. The van der Waals surface area contributed by atoms with Crippen LogP contribution in [0.15, 0.2) is 16.7 Å². The van der Waals surface area contributed by atoms with Gasteiger partial charge in [-0.05, 0) is 25.3 Å². The van der Waals surface area contributed by atoms with Crippen LogP contribution in [0.5, 0.6) is 0 Å². The van der Waals surface area contributed by atoms with Crippen molar-refractivity contribution in [1.82, 2.24) is 5.32 Å². The smallest absolute Gasteiger partial charge is 0.123 e. The lowest BCUT2D eigenvalue weighted by Gasteiger charge is -2.15. The van der Waals surface area contributed by atoms with E-state index in [2.05, 4.69) is 39.9 Å². The molecule has 0 spiro atoms. The van der Waals surface area contributed by atoms with Gasteiger partial charge in [0, 0.05) is 11.6 Å². The van der Waals surface area contributed by atoms with Crippen LogP contribution in [-0.4, -0.2) is 12.1 Å². The summed E-state index contributed by atoms with van der Waals surface area (Å²) in [5.74, 6) is 1.66. The van der Waals surface area contributed by atoms with Crippen LogP contribution >= 0.6 is 0 Å². The summed E-state index contributed by atoms with van der Waals surface area (Å²) in [5, 5.41) is 3.36. The molecule has 3 nitrogen and oxygen atoms in total.